The lowest BCUT2D eigenvalue weighted by atomic mass is 10.2. The highest BCUT2D eigenvalue weighted by molar-refractivity contribution is 14.1. The normalized spacial score (nSPS) is 10.6. The molecule has 0 aliphatic carbocycles. The molecule has 0 spiro atoms. The highest BCUT2D eigenvalue weighted by Gasteiger charge is 2.14. The first-order chi connectivity index (χ1) is 9.06. The second-order valence-corrected chi connectivity index (χ2v) is 5.67. The lowest BCUT2D eigenvalue weighted by molar-refractivity contribution is 0.416. The van der Waals surface area contributed by atoms with Gasteiger partial charge in [0.25, 0.3) is 0 Å². The van der Waals surface area contributed by atoms with Gasteiger partial charge in [-0.25, -0.2) is 9.97 Å². The summed E-state index contributed by atoms with van der Waals surface area (Å²) in [5, 5.41) is 1.06. The molecule has 0 saturated carbocycles. The molecule has 0 amide bonds. The third kappa shape index (κ3) is 3.12. The van der Waals surface area contributed by atoms with Crippen molar-refractivity contribution in [1.82, 2.24) is 9.97 Å². The van der Waals surface area contributed by atoms with Crippen LogP contribution < -0.4 is 4.74 Å². The smallest absolute Gasteiger partial charge is 0.164 e. The van der Waals surface area contributed by atoms with E-state index in [0.717, 1.165) is 21.2 Å². The summed E-state index contributed by atoms with van der Waals surface area (Å²) >= 11 is 14.3. The molecule has 0 unspecified atom stereocenters. The first-order valence-electron chi connectivity index (χ1n) is 5.62. The molecule has 1 aromatic carbocycles. The molecule has 0 atom stereocenters. The Morgan fingerprint density at radius 1 is 1.26 bits per heavy atom. The van der Waals surface area contributed by atoms with Gasteiger partial charge >= 0.3 is 0 Å². The quantitative estimate of drug-likeness (QED) is 0.548. The number of rotatable bonds is 3. The summed E-state index contributed by atoms with van der Waals surface area (Å²) in [6, 6.07) is 5.34. The van der Waals surface area contributed by atoms with E-state index in [-0.39, 0.29) is 0 Å². The fourth-order valence-electron chi connectivity index (χ4n) is 1.67. The van der Waals surface area contributed by atoms with Crippen LogP contribution in [0, 0.1) is 3.57 Å². The molecule has 0 saturated heterocycles. The van der Waals surface area contributed by atoms with Crippen molar-refractivity contribution in [3.8, 4) is 17.1 Å². The van der Waals surface area contributed by atoms with E-state index in [9.17, 15) is 0 Å². The van der Waals surface area contributed by atoms with Crippen LogP contribution in [-0.4, -0.2) is 17.1 Å². The van der Waals surface area contributed by atoms with E-state index in [2.05, 4.69) is 32.6 Å². The molecule has 0 aliphatic heterocycles. The summed E-state index contributed by atoms with van der Waals surface area (Å²) in [6.45, 7) is 2.03. The number of halogens is 3. The molecule has 1 heterocycles. The number of nitrogens with zero attached hydrogens (tertiary/aromatic N) is 2. The molecule has 6 heteroatoms. The Kier molecular flexibility index (Phi) is 4.86. The molecule has 19 heavy (non-hydrogen) atoms. The van der Waals surface area contributed by atoms with Crippen LogP contribution in [0.2, 0.25) is 10.2 Å². The van der Waals surface area contributed by atoms with Crippen molar-refractivity contribution in [2.75, 3.05) is 7.11 Å². The summed E-state index contributed by atoms with van der Waals surface area (Å²) in [4.78, 5) is 8.85. The summed E-state index contributed by atoms with van der Waals surface area (Å²) in [7, 11) is 1.59. The number of hydrogen-bond acceptors (Lipinski definition) is 3. The Hall–Kier alpha value is -0.590. The zero-order valence-corrected chi connectivity index (χ0v) is 14.0. The molecule has 3 nitrogen and oxygen atoms in total. The van der Waals surface area contributed by atoms with Crippen molar-refractivity contribution in [2.24, 2.45) is 0 Å². The van der Waals surface area contributed by atoms with E-state index < -0.39 is 0 Å². The van der Waals surface area contributed by atoms with Crippen LogP contribution >= 0.6 is 45.8 Å². The number of ether oxygens (including phenoxy) is 1. The van der Waals surface area contributed by atoms with E-state index in [1.54, 1.807) is 19.2 Å². The molecular formula is C13H11Cl2IN2O. The Labute approximate surface area is 135 Å². The van der Waals surface area contributed by atoms with Crippen molar-refractivity contribution < 1.29 is 4.74 Å². The molecule has 0 bridgehead atoms. The number of aromatic nitrogens is 2. The van der Waals surface area contributed by atoms with E-state index in [4.69, 9.17) is 27.9 Å². The largest absolute Gasteiger partial charge is 0.496 e. The van der Waals surface area contributed by atoms with E-state index in [1.807, 2.05) is 13.0 Å². The third-order valence-corrected chi connectivity index (χ3v) is 4.58. The number of benzene rings is 1. The maximum Gasteiger partial charge on any atom is 0.164 e. The first-order valence-corrected chi connectivity index (χ1v) is 7.46. The first kappa shape index (κ1) is 14.8. The van der Waals surface area contributed by atoms with Crippen LogP contribution in [0.4, 0.5) is 0 Å². The van der Waals surface area contributed by atoms with E-state index in [0.29, 0.717) is 21.7 Å². The molecule has 0 aliphatic rings. The minimum Gasteiger partial charge on any atom is -0.496 e. The maximum atomic E-state index is 6.15. The summed E-state index contributed by atoms with van der Waals surface area (Å²) in [5.74, 6) is 1.18. The predicted octanol–water partition coefficient (Wildman–Crippen LogP) is 4.63. The minimum absolute atomic E-state index is 0.458. The van der Waals surface area contributed by atoms with Gasteiger partial charge in [-0.2, -0.15) is 0 Å². The minimum atomic E-state index is 0.458. The van der Waals surface area contributed by atoms with Gasteiger partial charge in [-0.15, -0.1) is 0 Å². The van der Waals surface area contributed by atoms with Crippen molar-refractivity contribution in [3.63, 3.8) is 0 Å². The Balaban J connectivity index is 2.62. The molecule has 100 valence electrons. The Morgan fingerprint density at radius 2 is 2.00 bits per heavy atom. The van der Waals surface area contributed by atoms with Crippen molar-refractivity contribution >= 4 is 45.8 Å². The van der Waals surface area contributed by atoms with Gasteiger partial charge < -0.3 is 4.74 Å². The van der Waals surface area contributed by atoms with Crippen LogP contribution in [0.15, 0.2) is 18.2 Å². The van der Waals surface area contributed by atoms with Gasteiger partial charge in [0.05, 0.1) is 21.9 Å². The monoisotopic (exact) mass is 408 g/mol. The van der Waals surface area contributed by atoms with Gasteiger partial charge in [0.15, 0.2) is 5.82 Å². The van der Waals surface area contributed by atoms with E-state index in [1.165, 1.54) is 0 Å². The highest BCUT2D eigenvalue weighted by atomic mass is 127. The Morgan fingerprint density at radius 3 is 2.63 bits per heavy atom. The van der Waals surface area contributed by atoms with Crippen LogP contribution in [0.5, 0.6) is 5.75 Å². The molecule has 2 rings (SSSR count). The highest BCUT2D eigenvalue weighted by Crippen LogP contribution is 2.32. The van der Waals surface area contributed by atoms with Crippen molar-refractivity contribution in [1.29, 1.82) is 0 Å². The summed E-state index contributed by atoms with van der Waals surface area (Å²) in [5.41, 5.74) is 1.70. The zero-order chi connectivity index (χ0) is 14.0. The fraction of sp³-hybridized carbons (Fsp3) is 0.231. The molecule has 0 fully saturated rings. The number of methoxy groups -OCH3 is 1. The van der Waals surface area contributed by atoms with Crippen molar-refractivity contribution in [3.05, 3.63) is 37.6 Å². The van der Waals surface area contributed by atoms with Gasteiger partial charge in [-0.05, 0) is 47.2 Å². The molecule has 1 aromatic heterocycles. The summed E-state index contributed by atoms with van der Waals surface area (Å²) < 4.78 is 6.20. The number of hydrogen-bond donors (Lipinski definition) is 0. The lowest BCUT2D eigenvalue weighted by Crippen LogP contribution is -2.00. The molecule has 0 radical (unpaired) electrons. The van der Waals surface area contributed by atoms with Gasteiger partial charge in [-0.3, -0.25) is 0 Å². The van der Waals surface area contributed by atoms with Crippen molar-refractivity contribution in [2.45, 2.75) is 13.3 Å². The second kappa shape index (κ2) is 6.24. The SMILES string of the molecule is CCc1nc(-c2ccc(Cl)cc2OC)nc(Cl)c1I. The zero-order valence-electron chi connectivity index (χ0n) is 10.4. The molecular weight excluding hydrogens is 398 g/mol. The van der Waals surface area contributed by atoms with Gasteiger partial charge in [0.1, 0.15) is 10.9 Å². The van der Waals surface area contributed by atoms with Crippen LogP contribution in [-0.2, 0) is 6.42 Å². The average molecular weight is 409 g/mol. The van der Waals surface area contributed by atoms with Crippen LogP contribution in [0.1, 0.15) is 12.6 Å². The average Bonchev–Trinajstić information content (AvgIpc) is 2.41. The molecule has 2 aromatic rings. The lowest BCUT2D eigenvalue weighted by Gasteiger charge is -2.10. The number of aryl methyl sites for hydroxylation is 1. The van der Waals surface area contributed by atoms with Crippen LogP contribution in [0.25, 0.3) is 11.4 Å². The van der Waals surface area contributed by atoms with Gasteiger partial charge in [0.2, 0.25) is 0 Å². The maximum absolute atomic E-state index is 6.15. The predicted molar refractivity (Wildman–Crippen MR) is 86.1 cm³/mol. The van der Waals surface area contributed by atoms with Crippen LogP contribution in [0.3, 0.4) is 0 Å². The topological polar surface area (TPSA) is 35.0 Å². The fourth-order valence-corrected chi connectivity index (χ4v) is 2.64. The van der Waals surface area contributed by atoms with E-state index >= 15 is 0 Å². The standard InChI is InChI=1S/C13H11Cl2IN2O/c1-3-9-11(16)12(15)18-13(17-9)8-5-4-7(14)6-10(8)19-2/h4-6H,3H2,1-2H3. The van der Waals surface area contributed by atoms with Gasteiger partial charge in [-0.1, -0.05) is 30.1 Å². The Bertz CT molecular complexity index is 620. The molecule has 0 N–H and O–H groups in total. The van der Waals surface area contributed by atoms with Gasteiger partial charge in [0, 0.05) is 5.02 Å². The summed E-state index contributed by atoms with van der Waals surface area (Å²) in [6.07, 6.45) is 0.795. The third-order valence-electron chi connectivity index (χ3n) is 2.62. The second-order valence-electron chi connectivity index (χ2n) is 3.80.